The Bertz CT molecular complexity index is 627. The van der Waals surface area contributed by atoms with Crippen LogP contribution in [0.3, 0.4) is 0 Å². The second-order valence-electron chi connectivity index (χ2n) is 5.25. The van der Waals surface area contributed by atoms with Gasteiger partial charge in [0.05, 0.1) is 4.90 Å². The fourth-order valence-corrected chi connectivity index (χ4v) is 3.97. The number of hydrogen-bond acceptors (Lipinski definition) is 3. The standard InChI is InChI=1S/C13H17F3N2O2S/c1-9(2)18(8-13(14,15)16)21(19,20)11-3-4-12-10(7-11)5-6-17-12/h3-4,7,9,17H,5-6,8H2,1-2H3. The number of hydrogen-bond donors (Lipinski definition) is 1. The Morgan fingerprint density at radius 2 is 2.00 bits per heavy atom. The van der Waals surface area contributed by atoms with E-state index in [2.05, 4.69) is 5.32 Å². The Morgan fingerprint density at radius 1 is 1.33 bits per heavy atom. The maximum Gasteiger partial charge on any atom is 0.402 e. The highest BCUT2D eigenvalue weighted by molar-refractivity contribution is 7.89. The van der Waals surface area contributed by atoms with E-state index in [1.165, 1.54) is 26.0 Å². The Morgan fingerprint density at radius 3 is 2.57 bits per heavy atom. The summed E-state index contributed by atoms with van der Waals surface area (Å²) >= 11 is 0. The molecule has 0 aliphatic carbocycles. The molecule has 0 saturated carbocycles. The highest BCUT2D eigenvalue weighted by Crippen LogP contribution is 2.29. The highest BCUT2D eigenvalue weighted by atomic mass is 32.2. The molecule has 1 aliphatic rings. The number of halogens is 3. The number of anilines is 1. The molecule has 21 heavy (non-hydrogen) atoms. The van der Waals surface area contributed by atoms with E-state index < -0.39 is 28.8 Å². The summed E-state index contributed by atoms with van der Waals surface area (Å²) in [5.41, 5.74) is 1.65. The minimum absolute atomic E-state index is 0.0945. The SMILES string of the molecule is CC(C)N(CC(F)(F)F)S(=O)(=O)c1ccc2c(c1)CCN2. The fraction of sp³-hybridized carbons (Fsp3) is 0.538. The lowest BCUT2D eigenvalue weighted by Gasteiger charge is -2.27. The molecule has 0 amide bonds. The van der Waals surface area contributed by atoms with Gasteiger partial charge in [0.25, 0.3) is 0 Å². The second kappa shape index (κ2) is 5.49. The van der Waals surface area contributed by atoms with Crippen LogP contribution in [-0.4, -0.2) is 38.0 Å². The van der Waals surface area contributed by atoms with E-state index in [4.69, 9.17) is 0 Å². The first-order valence-corrected chi connectivity index (χ1v) is 8.00. The number of sulfonamides is 1. The Balaban J connectivity index is 2.39. The van der Waals surface area contributed by atoms with E-state index >= 15 is 0 Å². The van der Waals surface area contributed by atoms with Crippen LogP contribution in [0, 0.1) is 0 Å². The molecule has 118 valence electrons. The van der Waals surface area contributed by atoms with E-state index in [9.17, 15) is 21.6 Å². The third-order valence-electron chi connectivity index (χ3n) is 3.30. The van der Waals surface area contributed by atoms with Gasteiger partial charge in [-0.15, -0.1) is 0 Å². The predicted octanol–water partition coefficient (Wildman–Crippen LogP) is 2.62. The van der Waals surface area contributed by atoms with Gasteiger partial charge < -0.3 is 5.32 Å². The Hall–Kier alpha value is -1.28. The Kier molecular flexibility index (Phi) is 4.21. The maximum atomic E-state index is 12.6. The average Bonchev–Trinajstić information content (AvgIpc) is 2.81. The quantitative estimate of drug-likeness (QED) is 0.927. The molecule has 4 nitrogen and oxygen atoms in total. The predicted molar refractivity (Wildman–Crippen MR) is 73.7 cm³/mol. The number of fused-ring (bicyclic) bond motifs is 1. The van der Waals surface area contributed by atoms with Crippen molar-refractivity contribution in [3.8, 4) is 0 Å². The molecule has 8 heteroatoms. The van der Waals surface area contributed by atoms with Crippen LogP contribution in [0.5, 0.6) is 0 Å². The number of benzene rings is 1. The summed E-state index contributed by atoms with van der Waals surface area (Å²) < 4.78 is 63.2. The summed E-state index contributed by atoms with van der Waals surface area (Å²) in [5.74, 6) is 0. The molecule has 1 aliphatic heterocycles. The van der Waals surface area contributed by atoms with E-state index in [0.717, 1.165) is 11.3 Å². The van der Waals surface area contributed by atoms with Crippen LogP contribution >= 0.6 is 0 Å². The van der Waals surface area contributed by atoms with Crippen LogP contribution in [0.25, 0.3) is 0 Å². The zero-order chi connectivity index (χ0) is 15.8. The van der Waals surface area contributed by atoms with Crippen molar-refractivity contribution in [2.24, 2.45) is 0 Å². The van der Waals surface area contributed by atoms with Gasteiger partial charge in [0.15, 0.2) is 0 Å². The lowest BCUT2D eigenvalue weighted by atomic mass is 10.2. The molecule has 1 heterocycles. The molecule has 2 rings (SSSR count). The summed E-state index contributed by atoms with van der Waals surface area (Å²) in [6.45, 7) is 2.08. The van der Waals surface area contributed by atoms with Crippen molar-refractivity contribution >= 4 is 15.7 Å². The maximum absolute atomic E-state index is 12.6. The topological polar surface area (TPSA) is 49.4 Å². The zero-order valence-corrected chi connectivity index (χ0v) is 12.6. The van der Waals surface area contributed by atoms with Gasteiger partial charge in [0, 0.05) is 18.3 Å². The van der Waals surface area contributed by atoms with Crippen molar-refractivity contribution < 1.29 is 21.6 Å². The minimum Gasteiger partial charge on any atom is -0.384 e. The lowest BCUT2D eigenvalue weighted by Crippen LogP contribution is -2.43. The Labute approximate surface area is 122 Å². The van der Waals surface area contributed by atoms with Gasteiger partial charge in [-0.1, -0.05) is 0 Å². The molecule has 0 bridgehead atoms. The first-order chi connectivity index (χ1) is 9.61. The molecule has 1 aromatic rings. The number of nitrogens with one attached hydrogen (secondary N) is 1. The normalized spacial score (nSPS) is 15.4. The van der Waals surface area contributed by atoms with Gasteiger partial charge in [-0.3, -0.25) is 0 Å². The highest BCUT2D eigenvalue weighted by Gasteiger charge is 2.38. The first kappa shape index (κ1) is 16.1. The van der Waals surface area contributed by atoms with Gasteiger partial charge in [0.1, 0.15) is 6.54 Å². The zero-order valence-electron chi connectivity index (χ0n) is 11.7. The average molecular weight is 322 g/mol. The lowest BCUT2D eigenvalue weighted by molar-refractivity contribution is -0.138. The molecule has 0 spiro atoms. The van der Waals surface area contributed by atoms with Crippen molar-refractivity contribution in [1.82, 2.24) is 4.31 Å². The molecule has 0 unspecified atom stereocenters. The molecule has 0 saturated heterocycles. The number of alkyl halides is 3. The van der Waals surface area contributed by atoms with Gasteiger partial charge in [0.2, 0.25) is 10.0 Å². The molecule has 0 fully saturated rings. The van der Waals surface area contributed by atoms with Gasteiger partial charge >= 0.3 is 6.18 Å². The molecule has 0 aromatic heterocycles. The minimum atomic E-state index is -4.57. The van der Waals surface area contributed by atoms with E-state index in [0.29, 0.717) is 17.3 Å². The summed E-state index contributed by atoms with van der Waals surface area (Å²) in [6, 6.07) is 3.62. The summed E-state index contributed by atoms with van der Waals surface area (Å²) in [5, 5.41) is 3.08. The van der Waals surface area contributed by atoms with Gasteiger partial charge in [-0.2, -0.15) is 17.5 Å². The summed E-state index contributed by atoms with van der Waals surface area (Å²) in [7, 11) is -4.17. The van der Waals surface area contributed by atoms with Gasteiger partial charge in [-0.25, -0.2) is 8.42 Å². The van der Waals surface area contributed by atoms with Crippen LogP contribution in [-0.2, 0) is 16.4 Å². The number of rotatable bonds is 4. The van der Waals surface area contributed by atoms with Gasteiger partial charge in [-0.05, 0) is 44.0 Å². The van der Waals surface area contributed by atoms with Crippen LogP contribution in [0.2, 0.25) is 0 Å². The molecular weight excluding hydrogens is 305 g/mol. The molecule has 0 atom stereocenters. The summed E-state index contributed by atoms with van der Waals surface area (Å²) in [6.07, 6.45) is -3.91. The summed E-state index contributed by atoms with van der Waals surface area (Å²) in [4.78, 5) is -0.0945. The monoisotopic (exact) mass is 322 g/mol. The number of nitrogens with zero attached hydrogens (tertiary/aromatic N) is 1. The smallest absolute Gasteiger partial charge is 0.384 e. The van der Waals surface area contributed by atoms with Crippen molar-refractivity contribution in [2.75, 3.05) is 18.4 Å². The third kappa shape index (κ3) is 3.49. The molecular formula is C13H17F3N2O2S. The van der Waals surface area contributed by atoms with Crippen LogP contribution in [0.15, 0.2) is 23.1 Å². The van der Waals surface area contributed by atoms with Crippen molar-refractivity contribution in [1.29, 1.82) is 0 Å². The largest absolute Gasteiger partial charge is 0.402 e. The molecule has 0 radical (unpaired) electrons. The van der Waals surface area contributed by atoms with E-state index in [1.54, 1.807) is 6.07 Å². The van der Waals surface area contributed by atoms with Crippen molar-refractivity contribution in [2.45, 2.75) is 37.4 Å². The first-order valence-electron chi connectivity index (χ1n) is 6.56. The third-order valence-corrected chi connectivity index (χ3v) is 5.32. The molecule has 1 N–H and O–H groups in total. The van der Waals surface area contributed by atoms with Crippen LogP contribution in [0.4, 0.5) is 18.9 Å². The van der Waals surface area contributed by atoms with Crippen LogP contribution in [0.1, 0.15) is 19.4 Å². The second-order valence-corrected chi connectivity index (χ2v) is 7.15. The van der Waals surface area contributed by atoms with Crippen molar-refractivity contribution in [3.05, 3.63) is 23.8 Å². The van der Waals surface area contributed by atoms with Crippen molar-refractivity contribution in [3.63, 3.8) is 0 Å². The van der Waals surface area contributed by atoms with E-state index in [1.807, 2.05) is 0 Å². The van der Waals surface area contributed by atoms with E-state index in [-0.39, 0.29) is 4.90 Å². The molecule has 1 aromatic carbocycles. The van der Waals surface area contributed by atoms with Crippen LogP contribution < -0.4 is 5.32 Å². The fourth-order valence-electron chi connectivity index (χ4n) is 2.30.